The van der Waals surface area contributed by atoms with Crippen molar-refractivity contribution in [2.24, 2.45) is 0 Å². The van der Waals surface area contributed by atoms with Gasteiger partial charge in [-0.25, -0.2) is 80.9 Å². The van der Waals surface area contributed by atoms with Gasteiger partial charge >= 0.3 is 36.1 Å². The number of para-hydroxylation sites is 1. The molecule has 0 spiro atoms. The number of hydrogen-bond donors (Lipinski definition) is 4. The molecule has 0 saturated heterocycles. The Bertz CT molecular complexity index is 4440. The summed E-state index contributed by atoms with van der Waals surface area (Å²) in [5.74, 6) is -18.3. The van der Waals surface area contributed by atoms with Crippen molar-refractivity contribution in [1.29, 1.82) is 0 Å². The lowest BCUT2D eigenvalue weighted by Crippen LogP contribution is -2.63. The van der Waals surface area contributed by atoms with Gasteiger partial charge in [-0.1, -0.05) is 94.7 Å². The molecule has 0 aliphatic rings. The fourth-order valence-corrected chi connectivity index (χ4v) is 22.8. The lowest BCUT2D eigenvalue weighted by molar-refractivity contribution is -0.142. The highest BCUT2D eigenvalue weighted by Crippen LogP contribution is 2.29. The van der Waals surface area contributed by atoms with Gasteiger partial charge in [0.2, 0.25) is 8.32 Å². The van der Waals surface area contributed by atoms with E-state index in [1.54, 1.807) is 75.4 Å². The molecule has 37 heteroatoms. The van der Waals surface area contributed by atoms with Crippen molar-refractivity contribution in [2.75, 3.05) is 28.4 Å². The molecule has 119 heavy (non-hydrogen) atoms. The summed E-state index contributed by atoms with van der Waals surface area (Å²) in [7, 11) is -0.350. The molecule has 5 unspecified atom stereocenters. The summed E-state index contributed by atoms with van der Waals surface area (Å²) in [5.41, 5.74) is 5.10. The molecule has 656 valence electrons. The number of hydroxylamine groups is 2. The predicted octanol–water partition coefficient (Wildman–Crippen LogP) is 18.1. The van der Waals surface area contributed by atoms with Crippen molar-refractivity contribution in [2.45, 2.75) is 193 Å². The maximum absolute atomic E-state index is 14.0. The number of carbonyl (C=O) groups excluding carboxylic acids is 6. The van der Waals surface area contributed by atoms with Gasteiger partial charge in [0.05, 0.1) is 60.2 Å². The minimum atomic E-state index is -1.92. The fourth-order valence-electron chi connectivity index (χ4n) is 11.5. The largest absolute Gasteiger partial charge is 0.469 e. The van der Waals surface area contributed by atoms with E-state index in [1.165, 1.54) is 14.2 Å². The van der Waals surface area contributed by atoms with Crippen LogP contribution in [0.3, 0.4) is 0 Å². The summed E-state index contributed by atoms with van der Waals surface area (Å²) in [6, 6.07) is 20.9. The van der Waals surface area contributed by atoms with E-state index in [0.717, 1.165) is 44.4 Å². The summed E-state index contributed by atoms with van der Waals surface area (Å²) in [4.78, 5) is 75.0. The maximum atomic E-state index is 14.0. The number of nitrogens with zero attached hydrogens (tertiary/aromatic N) is 1. The summed E-state index contributed by atoms with van der Waals surface area (Å²) in [6.07, 6.45) is -1.79. The SMILES string of the molecule is CCC(Cc1cc(F)c(F)cc1F)N([Si](C)(C)C)[Si](C)(C)C.COC(=O)CC(Cc1cc(F)c(F)cc1F)NC(=O)OC(C)(C)C.COC(=O)CC(Cc1cc(F)c(F)cc1F)NC(=O)OCc1ccccc1.COC(=O)CC(Cc1cc(F)c(F)cc1F)NO[Si](C)(C)C.COC(=O)CC(Cc1cc(F)c(F)cc1F)NOc1ccccc1. The van der Waals surface area contributed by atoms with Crippen LogP contribution >= 0.6 is 0 Å². The van der Waals surface area contributed by atoms with Crippen molar-refractivity contribution in [3.63, 3.8) is 0 Å². The Balaban J connectivity index is 0.000000385. The van der Waals surface area contributed by atoms with Crippen LogP contribution in [0.1, 0.15) is 93.2 Å². The highest BCUT2D eigenvalue weighted by Gasteiger charge is 2.39. The van der Waals surface area contributed by atoms with Crippen molar-refractivity contribution in [3.05, 3.63) is 242 Å². The van der Waals surface area contributed by atoms with E-state index in [9.17, 15) is 94.6 Å². The van der Waals surface area contributed by atoms with E-state index < -0.39 is 178 Å². The smallest absolute Gasteiger partial charge is 0.407 e. The maximum Gasteiger partial charge on any atom is 0.407 e. The summed E-state index contributed by atoms with van der Waals surface area (Å²) in [5, 5.41) is 4.82. The molecule has 0 fully saturated rings. The van der Waals surface area contributed by atoms with Crippen molar-refractivity contribution < 1.29 is 132 Å². The quantitative estimate of drug-likeness (QED) is 0.00767. The van der Waals surface area contributed by atoms with E-state index >= 15 is 0 Å². The third kappa shape index (κ3) is 38.9. The molecule has 0 radical (unpaired) electrons. The highest BCUT2D eigenvalue weighted by molar-refractivity contribution is 6.89. The Morgan fingerprint density at radius 3 is 0.966 bits per heavy atom. The van der Waals surface area contributed by atoms with E-state index in [2.05, 4.69) is 91.0 Å². The standard InChI is InChI=1S/C19H18F3NO4.C17H16F3NO3.C16H20F3NO4.C16H28F3NSi2.C14H20F3NO3Si/c1-26-18(24)9-14(7-13-8-16(21)17(22)10-15(13)20)23-19(25)27-11-12-5-3-2-4-6-12;1-23-17(22)9-12(21-24-13-5-3-2-4-6-13)7-11-8-15(19)16(20)10-14(11)18;1-16(2,3)24-15(22)20-10(7-14(21)23-4)5-9-6-12(18)13(19)8-11(9)17;1-8-13(20(21(2,3)4)22(5,6)7)9-12-10-15(18)16(19)11-14(12)17;1-20-14(19)7-10(18-21-22(2,3)4)5-9-6-12(16)13(17)8-11(9)15/h2-6,8,10,14H,7,9,11H2,1H3,(H,23,25);2-6,8,10,12,21H,7,9H2,1H3;6,8,10H,5,7H2,1-4H3,(H,20,22);10-11,13H,8-9H2,1-7H3;6,8,10,18H,5,7H2,1-4H3. The predicted molar refractivity (Wildman–Crippen MR) is 421 cm³/mol. The van der Waals surface area contributed by atoms with E-state index in [4.69, 9.17) is 18.8 Å². The lowest BCUT2D eigenvalue weighted by Gasteiger charge is -2.49. The van der Waals surface area contributed by atoms with Gasteiger partial charge in [0, 0.05) is 54.5 Å². The normalized spacial score (nSPS) is 12.6. The molecule has 19 nitrogen and oxygen atoms in total. The number of carbonyl (C=O) groups is 6. The van der Waals surface area contributed by atoms with Gasteiger partial charge in [0.25, 0.3) is 0 Å². The molecule has 7 rings (SSSR count). The first-order chi connectivity index (χ1) is 55.4. The van der Waals surface area contributed by atoms with Crippen molar-refractivity contribution >= 4 is 60.9 Å². The summed E-state index contributed by atoms with van der Waals surface area (Å²) in [6.45, 7) is 26.5. The van der Waals surface area contributed by atoms with Crippen LogP contribution in [-0.4, -0.2) is 129 Å². The topological polar surface area (TPSA) is 228 Å². The van der Waals surface area contributed by atoms with Crippen molar-refractivity contribution in [1.82, 2.24) is 25.8 Å². The van der Waals surface area contributed by atoms with Gasteiger partial charge < -0.3 is 52.7 Å². The number of ether oxygens (including phenoxy) is 6. The molecule has 5 atom stereocenters. The number of alkyl carbamates (subject to hydrolysis) is 2. The van der Waals surface area contributed by atoms with E-state index in [-0.39, 0.29) is 91.8 Å². The highest BCUT2D eigenvalue weighted by atomic mass is 28.4. The average molecular weight is 1750 g/mol. The molecule has 7 aromatic rings. The van der Waals surface area contributed by atoms with Crippen LogP contribution in [0.5, 0.6) is 5.75 Å². The number of rotatable bonds is 32. The first-order valence-corrected chi connectivity index (χ1v) is 47.3. The molecule has 0 aliphatic carbocycles. The summed E-state index contributed by atoms with van der Waals surface area (Å²) >= 11 is 0. The first kappa shape index (κ1) is 103. The van der Waals surface area contributed by atoms with Gasteiger partial charge in [-0.3, -0.25) is 19.2 Å². The van der Waals surface area contributed by atoms with E-state index in [0.29, 0.717) is 54.6 Å². The van der Waals surface area contributed by atoms with Crippen LogP contribution in [0.4, 0.5) is 75.4 Å². The molecule has 7 aromatic carbocycles. The monoisotopic (exact) mass is 1750 g/mol. The Kier molecular flexibility index (Phi) is 42.6. The zero-order chi connectivity index (χ0) is 90.0. The van der Waals surface area contributed by atoms with Crippen molar-refractivity contribution in [3.8, 4) is 5.75 Å². The Hall–Kier alpha value is -9.80. The molecule has 0 aromatic heterocycles. The fraction of sp³-hybridized carbons (Fsp3) is 0.415. The Morgan fingerprint density at radius 1 is 0.378 bits per heavy atom. The minimum Gasteiger partial charge on any atom is -0.469 e. The number of esters is 4. The molecule has 0 bridgehead atoms. The number of amides is 2. The number of methoxy groups -OCH3 is 4. The molecule has 0 heterocycles. The molecule has 0 aliphatic heterocycles. The average Bonchev–Trinajstić information content (AvgIpc) is 0.791. The molecular weight excluding hydrogens is 1650 g/mol. The second kappa shape index (κ2) is 49.1. The zero-order valence-electron chi connectivity index (χ0n) is 69.0. The Labute approximate surface area is 685 Å². The van der Waals surface area contributed by atoms with Gasteiger partial charge in [0.15, 0.2) is 58.2 Å². The van der Waals surface area contributed by atoms with Crippen LogP contribution < -0.4 is 26.4 Å². The second-order valence-electron chi connectivity index (χ2n) is 30.7. The van der Waals surface area contributed by atoms with E-state index in [1.807, 2.05) is 25.7 Å². The third-order valence-electron chi connectivity index (χ3n) is 16.5. The molecular formula is C82H102F15N5O14Si3. The van der Waals surface area contributed by atoms with Crippen LogP contribution in [-0.2, 0) is 90.8 Å². The molecule has 2 amide bonds. The lowest BCUT2D eigenvalue weighted by atomic mass is 10.0. The van der Waals surface area contributed by atoms with Gasteiger partial charge in [-0.2, -0.15) is 5.48 Å². The van der Waals surface area contributed by atoms with Crippen LogP contribution in [0.15, 0.2) is 121 Å². The van der Waals surface area contributed by atoms with Crippen LogP contribution in [0.25, 0.3) is 0 Å². The number of benzene rings is 7. The molecule has 4 N–H and O–H groups in total. The molecule has 0 saturated carbocycles. The third-order valence-corrected chi connectivity index (χ3v) is 24.9. The number of nitrogens with one attached hydrogen (secondary N) is 4. The first-order valence-electron chi connectivity index (χ1n) is 37.0. The van der Waals surface area contributed by atoms with Gasteiger partial charge in [-0.05, 0) is 155 Å². The van der Waals surface area contributed by atoms with Crippen LogP contribution in [0, 0.1) is 87.3 Å². The Morgan fingerprint density at radius 2 is 0.664 bits per heavy atom. The number of hydrogen-bond acceptors (Lipinski definition) is 17. The minimum absolute atomic E-state index is 0.00282. The van der Waals surface area contributed by atoms with Crippen LogP contribution in [0.2, 0.25) is 58.9 Å². The van der Waals surface area contributed by atoms with Gasteiger partial charge in [-0.15, -0.1) is 0 Å². The number of halogens is 15. The zero-order valence-corrected chi connectivity index (χ0v) is 72.0. The second-order valence-corrected chi connectivity index (χ2v) is 45.2. The summed E-state index contributed by atoms with van der Waals surface area (Å²) < 4.78 is 237. The van der Waals surface area contributed by atoms with Gasteiger partial charge in [0.1, 0.15) is 63.5 Å².